The largest absolute Gasteiger partial charge is 0.493 e. The second-order valence-corrected chi connectivity index (χ2v) is 7.21. The quantitative estimate of drug-likeness (QED) is 0.503. The maximum Gasteiger partial charge on any atom is 0.331 e. The summed E-state index contributed by atoms with van der Waals surface area (Å²) in [6.07, 6.45) is 1.93. The highest BCUT2D eigenvalue weighted by molar-refractivity contribution is 5.97. The molecule has 0 spiro atoms. The number of rotatable bonds is 8. The summed E-state index contributed by atoms with van der Waals surface area (Å²) in [6, 6.07) is 11.1. The van der Waals surface area contributed by atoms with Gasteiger partial charge >= 0.3 is 5.97 Å². The molecule has 6 nitrogen and oxygen atoms in total. The Hall–Kier alpha value is -3.28. The molecule has 1 N–H and O–H groups in total. The highest BCUT2D eigenvalue weighted by Gasteiger charge is 2.19. The molecule has 1 atom stereocenters. The van der Waals surface area contributed by atoms with Crippen LogP contribution in [0.1, 0.15) is 43.4 Å². The SMILES string of the molecule is COc1ccc(/C=C/C(=O)O[C@H](C)C(=O)Nc2c(C)cccc2C(C)C)cc1OC. The summed E-state index contributed by atoms with van der Waals surface area (Å²) in [6.45, 7) is 7.61. The van der Waals surface area contributed by atoms with Crippen LogP contribution in [0.15, 0.2) is 42.5 Å². The number of carbonyl (C=O) groups excluding carboxylic acids is 2. The minimum Gasteiger partial charge on any atom is -0.493 e. The predicted molar refractivity (Wildman–Crippen MR) is 118 cm³/mol. The molecule has 0 heterocycles. The lowest BCUT2D eigenvalue weighted by molar-refractivity contribution is -0.148. The summed E-state index contributed by atoms with van der Waals surface area (Å²) in [5.41, 5.74) is 3.50. The fraction of sp³-hybridized carbons (Fsp3) is 0.333. The van der Waals surface area contributed by atoms with E-state index in [9.17, 15) is 9.59 Å². The fourth-order valence-electron chi connectivity index (χ4n) is 2.95. The summed E-state index contributed by atoms with van der Waals surface area (Å²) in [5.74, 6) is 0.419. The van der Waals surface area contributed by atoms with E-state index in [2.05, 4.69) is 19.2 Å². The Morgan fingerprint density at radius 3 is 2.33 bits per heavy atom. The third kappa shape index (κ3) is 5.86. The summed E-state index contributed by atoms with van der Waals surface area (Å²) in [7, 11) is 3.09. The highest BCUT2D eigenvalue weighted by Crippen LogP contribution is 2.28. The van der Waals surface area contributed by atoms with Gasteiger partial charge in [0.15, 0.2) is 17.6 Å². The Labute approximate surface area is 177 Å². The van der Waals surface area contributed by atoms with Crippen molar-refractivity contribution < 1.29 is 23.8 Å². The van der Waals surface area contributed by atoms with Crippen LogP contribution in [-0.2, 0) is 14.3 Å². The first-order valence-corrected chi connectivity index (χ1v) is 9.77. The number of amides is 1. The fourth-order valence-corrected chi connectivity index (χ4v) is 2.95. The van der Waals surface area contributed by atoms with E-state index in [1.165, 1.54) is 6.08 Å². The Morgan fingerprint density at radius 2 is 1.70 bits per heavy atom. The van der Waals surface area contributed by atoms with E-state index in [0.717, 1.165) is 22.4 Å². The number of esters is 1. The van der Waals surface area contributed by atoms with Crippen LogP contribution < -0.4 is 14.8 Å². The molecule has 0 aliphatic rings. The van der Waals surface area contributed by atoms with Crippen LogP contribution in [0.2, 0.25) is 0 Å². The molecule has 0 aliphatic heterocycles. The van der Waals surface area contributed by atoms with Crippen LogP contribution in [0.3, 0.4) is 0 Å². The van der Waals surface area contributed by atoms with Crippen LogP contribution in [0, 0.1) is 6.92 Å². The van der Waals surface area contributed by atoms with E-state index in [4.69, 9.17) is 14.2 Å². The van der Waals surface area contributed by atoms with Gasteiger partial charge in [-0.25, -0.2) is 4.79 Å². The van der Waals surface area contributed by atoms with Crippen molar-refractivity contribution in [3.8, 4) is 11.5 Å². The number of benzene rings is 2. The van der Waals surface area contributed by atoms with E-state index >= 15 is 0 Å². The van der Waals surface area contributed by atoms with Crippen molar-refractivity contribution in [2.45, 2.75) is 39.7 Å². The molecule has 6 heteroatoms. The maximum atomic E-state index is 12.6. The van der Waals surface area contributed by atoms with Crippen molar-refractivity contribution in [1.82, 2.24) is 0 Å². The normalized spacial score (nSPS) is 12.0. The van der Waals surface area contributed by atoms with E-state index in [-0.39, 0.29) is 11.8 Å². The molecule has 0 saturated heterocycles. The molecule has 1 amide bonds. The average Bonchev–Trinajstić information content (AvgIpc) is 2.72. The van der Waals surface area contributed by atoms with Gasteiger partial charge in [-0.2, -0.15) is 0 Å². The molecule has 2 aromatic rings. The standard InChI is InChI=1S/C24H29NO5/c1-15(2)19-9-7-8-16(3)23(19)25-24(27)17(4)30-22(26)13-11-18-10-12-20(28-5)21(14-18)29-6/h7-15,17H,1-6H3,(H,25,27)/b13-11+/t17-/m1/s1. The smallest absolute Gasteiger partial charge is 0.331 e. The van der Waals surface area contributed by atoms with Crippen molar-refractivity contribution in [2.24, 2.45) is 0 Å². The average molecular weight is 411 g/mol. The van der Waals surface area contributed by atoms with Crippen molar-refractivity contribution in [1.29, 1.82) is 0 Å². The van der Waals surface area contributed by atoms with Gasteiger partial charge in [-0.15, -0.1) is 0 Å². The van der Waals surface area contributed by atoms with E-state index in [1.807, 2.05) is 25.1 Å². The lowest BCUT2D eigenvalue weighted by atomic mass is 9.98. The van der Waals surface area contributed by atoms with Crippen LogP contribution in [-0.4, -0.2) is 32.2 Å². The minimum absolute atomic E-state index is 0.252. The topological polar surface area (TPSA) is 73.9 Å². The van der Waals surface area contributed by atoms with Gasteiger partial charge in [0, 0.05) is 11.8 Å². The van der Waals surface area contributed by atoms with Gasteiger partial charge in [-0.3, -0.25) is 4.79 Å². The van der Waals surface area contributed by atoms with Gasteiger partial charge < -0.3 is 19.5 Å². The van der Waals surface area contributed by atoms with Gasteiger partial charge in [-0.05, 0) is 54.7 Å². The Balaban J connectivity index is 2.02. The van der Waals surface area contributed by atoms with Gasteiger partial charge in [-0.1, -0.05) is 38.1 Å². The molecule has 0 aromatic heterocycles. The Bertz CT molecular complexity index is 933. The lowest BCUT2D eigenvalue weighted by Crippen LogP contribution is -2.30. The van der Waals surface area contributed by atoms with Gasteiger partial charge in [0.1, 0.15) is 0 Å². The molecule has 0 bridgehead atoms. The summed E-state index contributed by atoms with van der Waals surface area (Å²) < 4.78 is 15.7. The molecule has 0 aliphatic carbocycles. The number of para-hydroxylation sites is 1. The first kappa shape index (κ1) is 23.0. The Morgan fingerprint density at radius 1 is 1.00 bits per heavy atom. The third-order valence-electron chi connectivity index (χ3n) is 4.66. The highest BCUT2D eigenvalue weighted by atomic mass is 16.5. The number of nitrogens with one attached hydrogen (secondary N) is 1. The number of hydrogen-bond acceptors (Lipinski definition) is 5. The van der Waals surface area contributed by atoms with Crippen LogP contribution >= 0.6 is 0 Å². The first-order valence-electron chi connectivity index (χ1n) is 9.77. The van der Waals surface area contributed by atoms with Crippen molar-refractivity contribution >= 4 is 23.6 Å². The number of hydrogen-bond donors (Lipinski definition) is 1. The van der Waals surface area contributed by atoms with Gasteiger partial charge in [0.2, 0.25) is 0 Å². The third-order valence-corrected chi connectivity index (χ3v) is 4.66. The van der Waals surface area contributed by atoms with E-state index < -0.39 is 12.1 Å². The van der Waals surface area contributed by atoms with Crippen LogP contribution in [0.5, 0.6) is 11.5 Å². The molecule has 160 valence electrons. The maximum absolute atomic E-state index is 12.6. The summed E-state index contributed by atoms with van der Waals surface area (Å²) >= 11 is 0. The monoisotopic (exact) mass is 411 g/mol. The zero-order valence-electron chi connectivity index (χ0n) is 18.3. The van der Waals surface area contributed by atoms with Gasteiger partial charge in [0.25, 0.3) is 5.91 Å². The Kier molecular flexibility index (Phi) is 8.04. The molecular weight excluding hydrogens is 382 g/mol. The molecule has 0 unspecified atom stereocenters. The number of carbonyl (C=O) groups is 2. The molecule has 30 heavy (non-hydrogen) atoms. The molecule has 0 radical (unpaired) electrons. The molecule has 0 saturated carbocycles. The zero-order chi connectivity index (χ0) is 22.3. The second kappa shape index (κ2) is 10.5. The van der Waals surface area contributed by atoms with Crippen LogP contribution in [0.25, 0.3) is 6.08 Å². The number of ether oxygens (including phenoxy) is 3. The van der Waals surface area contributed by atoms with Gasteiger partial charge in [0.05, 0.1) is 14.2 Å². The van der Waals surface area contributed by atoms with Crippen molar-refractivity contribution in [3.05, 3.63) is 59.2 Å². The lowest BCUT2D eigenvalue weighted by Gasteiger charge is -2.18. The van der Waals surface area contributed by atoms with Crippen molar-refractivity contribution in [3.63, 3.8) is 0 Å². The first-order chi connectivity index (χ1) is 14.3. The number of methoxy groups -OCH3 is 2. The summed E-state index contributed by atoms with van der Waals surface area (Å²) in [4.78, 5) is 24.7. The molecular formula is C24H29NO5. The second-order valence-electron chi connectivity index (χ2n) is 7.21. The minimum atomic E-state index is -0.938. The molecule has 2 rings (SSSR count). The zero-order valence-corrected chi connectivity index (χ0v) is 18.3. The molecule has 0 fully saturated rings. The summed E-state index contributed by atoms with van der Waals surface area (Å²) in [5, 5.41) is 2.90. The van der Waals surface area contributed by atoms with Crippen LogP contribution in [0.4, 0.5) is 5.69 Å². The van der Waals surface area contributed by atoms with E-state index in [1.54, 1.807) is 45.4 Å². The van der Waals surface area contributed by atoms with Crippen molar-refractivity contribution in [2.75, 3.05) is 19.5 Å². The number of aryl methyl sites for hydroxylation is 1. The van der Waals surface area contributed by atoms with E-state index in [0.29, 0.717) is 11.5 Å². The molecule has 2 aromatic carbocycles. The predicted octanol–water partition coefficient (Wildman–Crippen LogP) is 4.72. The number of anilines is 1.